The Balaban J connectivity index is 1.75. The van der Waals surface area contributed by atoms with E-state index in [4.69, 9.17) is 0 Å². The molecule has 0 amide bonds. The van der Waals surface area contributed by atoms with Crippen LogP contribution in [0, 0.1) is 0 Å². The molecule has 2 heterocycles. The Hall–Kier alpha value is -3.99. The maximum absolute atomic E-state index is 13.0. The van der Waals surface area contributed by atoms with E-state index in [9.17, 15) is 4.79 Å². The van der Waals surface area contributed by atoms with Gasteiger partial charge in [-0.1, -0.05) is 91.0 Å². The fourth-order valence-electron chi connectivity index (χ4n) is 3.77. The lowest BCUT2D eigenvalue weighted by Crippen LogP contribution is -2.26. The summed E-state index contributed by atoms with van der Waals surface area (Å²) in [6.07, 6.45) is 1.77. The van der Waals surface area contributed by atoms with E-state index in [2.05, 4.69) is 26.7 Å². The second-order valence-electron chi connectivity index (χ2n) is 7.21. The molecule has 0 radical (unpaired) electrons. The molecular weight excluding hydrogens is 372 g/mol. The number of benzene rings is 3. The Morgan fingerprint density at radius 3 is 1.90 bits per heavy atom. The molecule has 0 spiro atoms. The highest BCUT2D eigenvalue weighted by Gasteiger charge is 2.18. The Morgan fingerprint density at radius 2 is 1.27 bits per heavy atom. The van der Waals surface area contributed by atoms with Gasteiger partial charge >= 0.3 is 5.69 Å². The van der Waals surface area contributed by atoms with Crippen molar-refractivity contribution in [3.05, 3.63) is 119 Å². The molecular formula is C25H20N4O. The van der Waals surface area contributed by atoms with Crippen molar-refractivity contribution in [3.8, 4) is 11.3 Å². The summed E-state index contributed by atoms with van der Waals surface area (Å²) in [6, 6.07) is 30.2. The van der Waals surface area contributed by atoms with Gasteiger partial charge in [0.05, 0.1) is 18.6 Å². The Labute approximate surface area is 173 Å². The summed E-state index contributed by atoms with van der Waals surface area (Å²) in [4.78, 5) is 21.7. The SMILES string of the molecule is O=c1nc2ncn(Cc3ccccc3)c2c(-c2ccccc2)n1Cc1ccccc1. The van der Waals surface area contributed by atoms with Crippen LogP contribution in [-0.2, 0) is 13.1 Å². The van der Waals surface area contributed by atoms with Crippen LogP contribution >= 0.6 is 0 Å². The minimum Gasteiger partial charge on any atom is -0.323 e. The second-order valence-corrected chi connectivity index (χ2v) is 7.21. The predicted octanol–water partition coefficient (Wildman–Crippen LogP) is 4.36. The highest BCUT2D eigenvalue weighted by Crippen LogP contribution is 2.27. The van der Waals surface area contributed by atoms with E-state index < -0.39 is 0 Å². The van der Waals surface area contributed by atoms with Crippen molar-refractivity contribution in [2.75, 3.05) is 0 Å². The van der Waals surface area contributed by atoms with Crippen molar-refractivity contribution in [3.63, 3.8) is 0 Å². The number of aromatic nitrogens is 4. The van der Waals surface area contributed by atoms with Gasteiger partial charge < -0.3 is 4.57 Å². The second kappa shape index (κ2) is 7.79. The molecule has 2 aromatic heterocycles. The van der Waals surface area contributed by atoms with Gasteiger partial charge in [-0.15, -0.1) is 0 Å². The fraction of sp³-hybridized carbons (Fsp3) is 0.0800. The molecule has 0 aliphatic heterocycles. The molecule has 0 atom stereocenters. The van der Waals surface area contributed by atoms with Crippen LogP contribution in [-0.4, -0.2) is 19.1 Å². The molecule has 3 aromatic carbocycles. The largest absolute Gasteiger partial charge is 0.350 e. The predicted molar refractivity (Wildman–Crippen MR) is 118 cm³/mol. The average molecular weight is 392 g/mol. The third-order valence-corrected chi connectivity index (χ3v) is 5.17. The van der Waals surface area contributed by atoms with Crippen molar-refractivity contribution in [2.45, 2.75) is 13.1 Å². The summed E-state index contributed by atoms with van der Waals surface area (Å²) < 4.78 is 3.82. The molecule has 0 saturated carbocycles. The molecule has 0 fully saturated rings. The van der Waals surface area contributed by atoms with Gasteiger partial charge in [0.25, 0.3) is 0 Å². The van der Waals surface area contributed by atoms with Gasteiger partial charge in [0.2, 0.25) is 0 Å². The summed E-state index contributed by atoms with van der Waals surface area (Å²) in [6.45, 7) is 1.10. The van der Waals surface area contributed by atoms with E-state index in [1.165, 1.54) is 0 Å². The summed E-state index contributed by atoms with van der Waals surface area (Å²) in [5, 5.41) is 0. The van der Waals surface area contributed by atoms with Gasteiger partial charge in [-0.3, -0.25) is 4.57 Å². The standard InChI is InChI=1S/C25H20N4O/c30-25-27-24-23(28(18-26-24)16-19-10-4-1-5-11-19)22(21-14-8-3-9-15-21)29(25)17-20-12-6-2-7-13-20/h1-15,18H,16-17H2. The lowest BCUT2D eigenvalue weighted by Gasteiger charge is -2.16. The quantitative estimate of drug-likeness (QED) is 0.447. The molecule has 0 aliphatic rings. The molecule has 0 saturated heterocycles. The molecule has 0 unspecified atom stereocenters. The number of hydrogen-bond donors (Lipinski definition) is 0. The van der Waals surface area contributed by atoms with Gasteiger partial charge in [-0.05, 0) is 11.1 Å². The van der Waals surface area contributed by atoms with Crippen LogP contribution in [0.5, 0.6) is 0 Å². The number of fused-ring (bicyclic) bond motifs is 1. The fourth-order valence-corrected chi connectivity index (χ4v) is 3.77. The summed E-state index contributed by atoms with van der Waals surface area (Å²) in [5.74, 6) is 0. The van der Waals surface area contributed by atoms with Crippen LogP contribution in [0.1, 0.15) is 11.1 Å². The molecule has 0 aliphatic carbocycles. The Morgan fingerprint density at radius 1 is 0.700 bits per heavy atom. The van der Waals surface area contributed by atoms with Crippen molar-refractivity contribution < 1.29 is 0 Å². The number of hydrogen-bond acceptors (Lipinski definition) is 3. The summed E-state index contributed by atoms with van der Waals surface area (Å²) in [7, 11) is 0. The van der Waals surface area contributed by atoms with E-state index in [1.54, 1.807) is 10.9 Å². The first-order chi connectivity index (χ1) is 14.8. The van der Waals surface area contributed by atoms with Crippen molar-refractivity contribution in [2.24, 2.45) is 0 Å². The van der Waals surface area contributed by atoms with Crippen LogP contribution in [0.25, 0.3) is 22.4 Å². The first-order valence-corrected chi connectivity index (χ1v) is 9.88. The molecule has 30 heavy (non-hydrogen) atoms. The normalized spacial score (nSPS) is 11.1. The lowest BCUT2D eigenvalue weighted by atomic mass is 10.1. The maximum atomic E-state index is 13.0. The van der Waals surface area contributed by atoms with Crippen molar-refractivity contribution in [1.29, 1.82) is 0 Å². The Kier molecular flexibility index (Phi) is 4.69. The van der Waals surface area contributed by atoms with Crippen LogP contribution in [0.15, 0.2) is 102 Å². The maximum Gasteiger partial charge on any atom is 0.350 e. The molecule has 5 aromatic rings. The molecule has 0 N–H and O–H groups in total. The highest BCUT2D eigenvalue weighted by atomic mass is 16.1. The zero-order valence-electron chi connectivity index (χ0n) is 16.3. The van der Waals surface area contributed by atoms with Gasteiger partial charge in [-0.25, -0.2) is 9.78 Å². The molecule has 0 bridgehead atoms. The smallest absolute Gasteiger partial charge is 0.323 e. The lowest BCUT2D eigenvalue weighted by molar-refractivity contribution is 0.738. The topological polar surface area (TPSA) is 52.7 Å². The van der Waals surface area contributed by atoms with Crippen molar-refractivity contribution >= 4 is 11.2 Å². The molecule has 146 valence electrons. The number of rotatable bonds is 5. The Bertz CT molecular complexity index is 1340. The first kappa shape index (κ1) is 18.1. The molecule has 5 rings (SSSR count). The number of nitrogens with zero attached hydrogens (tertiary/aromatic N) is 4. The summed E-state index contributed by atoms with van der Waals surface area (Å²) >= 11 is 0. The zero-order chi connectivity index (χ0) is 20.3. The van der Waals surface area contributed by atoms with Crippen LogP contribution < -0.4 is 5.69 Å². The van der Waals surface area contributed by atoms with Crippen LogP contribution in [0.4, 0.5) is 0 Å². The molecule has 5 heteroatoms. The third kappa shape index (κ3) is 3.42. The van der Waals surface area contributed by atoms with Crippen molar-refractivity contribution in [1.82, 2.24) is 19.1 Å². The minimum atomic E-state index is -0.296. The van der Waals surface area contributed by atoms with Crippen LogP contribution in [0.3, 0.4) is 0 Å². The average Bonchev–Trinajstić information content (AvgIpc) is 3.18. The molecule has 5 nitrogen and oxygen atoms in total. The van der Waals surface area contributed by atoms with Crippen LogP contribution in [0.2, 0.25) is 0 Å². The zero-order valence-corrected chi connectivity index (χ0v) is 16.3. The third-order valence-electron chi connectivity index (χ3n) is 5.17. The highest BCUT2D eigenvalue weighted by molar-refractivity contribution is 5.87. The van der Waals surface area contributed by atoms with E-state index in [0.29, 0.717) is 18.7 Å². The van der Waals surface area contributed by atoms with Gasteiger partial charge in [-0.2, -0.15) is 4.98 Å². The number of imidazole rings is 1. The minimum absolute atomic E-state index is 0.296. The van der Waals surface area contributed by atoms with Gasteiger partial charge in [0.1, 0.15) is 5.52 Å². The first-order valence-electron chi connectivity index (χ1n) is 9.88. The van der Waals surface area contributed by atoms with E-state index in [0.717, 1.165) is 27.9 Å². The summed E-state index contributed by atoms with van der Waals surface area (Å²) in [5.41, 5.74) is 5.05. The van der Waals surface area contributed by atoms with Gasteiger partial charge in [0.15, 0.2) is 5.65 Å². The van der Waals surface area contributed by atoms with E-state index in [1.807, 2.05) is 78.9 Å². The monoisotopic (exact) mass is 392 g/mol. The van der Waals surface area contributed by atoms with E-state index in [-0.39, 0.29) is 5.69 Å². The van der Waals surface area contributed by atoms with Gasteiger partial charge in [0, 0.05) is 12.1 Å². The van der Waals surface area contributed by atoms with E-state index >= 15 is 0 Å².